The Morgan fingerprint density at radius 3 is 2.35 bits per heavy atom. The number of rotatable bonds is 4. The predicted molar refractivity (Wildman–Crippen MR) is 83.3 cm³/mol. The molecule has 0 bridgehead atoms. The normalized spacial score (nSPS) is 14.3. The van der Waals surface area contributed by atoms with Gasteiger partial charge in [0.05, 0.1) is 0 Å². The first kappa shape index (κ1) is 18.3. The Balaban J connectivity index is 1.96. The fraction of sp³-hybridized carbons (Fsp3) is 0.188. The average Bonchev–Trinajstić information content (AvgIpc) is 2.91. The molecular weight excluding hydrogens is 381 g/mol. The maximum atomic E-state index is 13.2. The molecule has 0 heterocycles. The van der Waals surface area contributed by atoms with Gasteiger partial charge in [0.1, 0.15) is 0 Å². The lowest BCUT2D eigenvalue weighted by atomic mass is 10.0. The minimum atomic E-state index is -6.11. The molecule has 0 fully saturated rings. The molecule has 0 saturated carbocycles. The molecule has 0 unspecified atom stereocenters. The maximum absolute atomic E-state index is 13.2. The first-order valence-electron chi connectivity index (χ1n) is 7.17. The summed E-state index contributed by atoms with van der Waals surface area (Å²) in [4.78, 5) is 0. The molecule has 0 saturated heterocycles. The lowest BCUT2D eigenvalue weighted by Crippen LogP contribution is -2.25. The molecule has 3 rings (SSSR count). The van der Waals surface area contributed by atoms with E-state index in [0.29, 0.717) is 12.0 Å². The van der Waals surface area contributed by atoms with Crippen LogP contribution in [-0.2, 0) is 20.8 Å². The average molecular weight is 391 g/mol. The molecule has 26 heavy (non-hydrogen) atoms. The third kappa shape index (κ3) is 3.28. The van der Waals surface area contributed by atoms with Crippen molar-refractivity contribution in [2.24, 2.45) is 5.16 Å². The van der Waals surface area contributed by atoms with Gasteiger partial charge in [-0.3, -0.25) is 4.28 Å². The van der Waals surface area contributed by atoms with Crippen LogP contribution in [0.3, 0.4) is 0 Å². The molecule has 0 amide bonds. The minimum Gasteiger partial charge on any atom is -0.261 e. The zero-order chi connectivity index (χ0) is 19.1. The van der Waals surface area contributed by atoms with E-state index in [1.165, 1.54) is 18.2 Å². The molecule has 0 aliphatic heterocycles. The molecular formula is C16H10F5NO3S. The number of hydrogen-bond donors (Lipinski definition) is 0. The number of halogens is 5. The maximum Gasteiger partial charge on any atom is 0.536 e. The van der Waals surface area contributed by atoms with Crippen molar-refractivity contribution in [2.75, 3.05) is 0 Å². The van der Waals surface area contributed by atoms with Crippen LogP contribution in [-0.4, -0.2) is 26.1 Å². The van der Waals surface area contributed by atoms with Crippen LogP contribution in [0, 0.1) is 0 Å². The molecule has 2 aromatic carbocycles. The fourth-order valence-electron chi connectivity index (χ4n) is 2.65. The Labute approximate surface area is 145 Å². The van der Waals surface area contributed by atoms with Crippen LogP contribution in [0.25, 0.3) is 11.1 Å². The largest absolute Gasteiger partial charge is 0.536 e. The van der Waals surface area contributed by atoms with Gasteiger partial charge in [0.15, 0.2) is 5.71 Å². The lowest BCUT2D eigenvalue weighted by molar-refractivity contribution is -0.0541. The quantitative estimate of drug-likeness (QED) is 0.291. The highest BCUT2D eigenvalue weighted by Gasteiger charge is 2.49. The molecule has 138 valence electrons. The highest BCUT2D eigenvalue weighted by atomic mass is 32.2. The van der Waals surface area contributed by atoms with Crippen molar-refractivity contribution in [1.29, 1.82) is 0 Å². The Morgan fingerprint density at radius 1 is 1.04 bits per heavy atom. The monoisotopic (exact) mass is 391 g/mol. The van der Waals surface area contributed by atoms with Crippen LogP contribution < -0.4 is 0 Å². The van der Waals surface area contributed by atoms with E-state index in [9.17, 15) is 30.4 Å². The van der Waals surface area contributed by atoms with E-state index in [-0.39, 0.29) is 5.56 Å². The van der Waals surface area contributed by atoms with Crippen molar-refractivity contribution < 1.29 is 34.7 Å². The molecule has 0 N–H and O–H groups in total. The van der Waals surface area contributed by atoms with Crippen LogP contribution in [0.2, 0.25) is 0 Å². The molecule has 0 spiro atoms. The standard InChI is InChI=1S/C16H10F5NO3S/c17-15(18)14(22-25-26(23,24)16(19,20)21)10-5-6-13-11(8-10)7-9-3-1-2-4-12(9)13/h1-6,8,15H,7H2. The summed E-state index contributed by atoms with van der Waals surface area (Å²) in [5.74, 6) is 0. The second-order valence-corrected chi connectivity index (χ2v) is 6.98. The zero-order valence-electron chi connectivity index (χ0n) is 12.8. The van der Waals surface area contributed by atoms with Gasteiger partial charge in [-0.1, -0.05) is 41.6 Å². The number of hydrogen-bond acceptors (Lipinski definition) is 4. The predicted octanol–water partition coefficient (Wildman–Crippen LogP) is 4.09. The molecule has 0 radical (unpaired) electrons. The molecule has 0 aromatic heterocycles. The summed E-state index contributed by atoms with van der Waals surface area (Å²) in [5.41, 5.74) is -3.78. The van der Waals surface area contributed by atoms with Crippen LogP contribution in [0.15, 0.2) is 47.6 Å². The second-order valence-electron chi connectivity index (χ2n) is 5.46. The van der Waals surface area contributed by atoms with E-state index in [4.69, 9.17) is 0 Å². The van der Waals surface area contributed by atoms with E-state index in [1.54, 1.807) is 0 Å². The number of oxime groups is 1. The molecule has 0 atom stereocenters. The van der Waals surface area contributed by atoms with Gasteiger partial charge in [0.2, 0.25) is 0 Å². The first-order valence-corrected chi connectivity index (χ1v) is 8.58. The lowest BCUT2D eigenvalue weighted by Gasteiger charge is -2.09. The van der Waals surface area contributed by atoms with E-state index >= 15 is 0 Å². The summed E-state index contributed by atoms with van der Waals surface area (Å²) >= 11 is 0. The third-order valence-electron chi connectivity index (χ3n) is 3.81. The summed E-state index contributed by atoms with van der Waals surface area (Å²) in [7, 11) is -6.11. The van der Waals surface area contributed by atoms with Gasteiger partial charge < -0.3 is 0 Å². The van der Waals surface area contributed by atoms with Gasteiger partial charge in [-0.15, -0.1) is 0 Å². The molecule has 10 heteroatoms. The third-order valence-corrected chi connectivity index (χ3v) is 4.65. The zero-order valence-corrected chi connectivity index (χ0v) is 13.6. The summed E-state index contributed by atoms with van der Waals surface area (Å²) in [5, 5.41) is 2.56. The van der Waals surface area contributed by atoms with Gasteiger partial charge in [0, 0.05) is 5.56 Å². The first-order chi connectivity index (χ1) is 12.1. The topological polar surface area (TPSA) is 55.7 Å². The second kappa shape index (κ2) is 6.35. The van der Waals surface area contributed by atoms with E-state index in [1.807, 2.05) is 24.3 Å². The van der Waals surface area contributed by atoms with Gasteiger partial charge in [-0.25, -0.2) is 8.78 Å². The van der Waals surface area contributed by atoms with E-state index in [2.05, 4.69) is 9.44 Å². The van der Waals surface area contributed by atoms with Gasteiger partial charge in [-0.05, 0) is 34.7 Å². The Hall–Kier alpha value is -2.49. The van der Waals surface area contributed by atoms with E-state index < -0.39 is 27.8 Å². The number of alkyl halides is 5. The van der Waals surface area contributed by atoms with Crippen molar-refractivity contribution in [2.45, 2.75) is 18.4 Å². The van der Waals surface area contributed by atoms with Crippen LogP contribution in [0.1, 0.15) is 16.7 Å². The molecule has 2 aromatic rings. The smallest absolute Gasteiger partial charge is 0.261 e. The Bertz CT molecular complexity index is 984. The number of nitrogens with zero attached hydrogens (tertiary/aromatic N) is 1. The van der Waals surface area contributed by atoms with Crippen molar-refractivity contribution in [3.8, 4) is 11.1 Å². The van der Waals surface area contributed by atoms with E-state index in [0.717, 1.165) is 16.7 Å². The van der Waals surface area contributed by atoms with Crippen LogP contribution in [0.5, 0.6) is 0 Å². The minimum absolute atomic E-state index is 0.219. The SMILES string of the molecule is O=S(=O)(ON=C(c1ccc2c(c1)Cc1ccccc1-2)C(F)F)C(F)(F)F. The molecule has 4 nitrogen and oxygen atoms in total. The van der Waals surface area contributed by atoms with Gasteiger partial charge in [0.25, 0.3) is 6.43 Å². The summed E-state index contributed by atoms with van der Waals surface area (Å²) in [6, 6.07) is 11.5. The van der Waals surface area contributed by atoms with Crippen molar-refractivity contribution >= 4 is 15.8 Å². The molecule has 1 aliphatic carbocycles. The number of fused-ring (bicyclic) bond motifs is 3. The van der Waals surface area contributed by atoms with Gasteiger partial charge >= 0.3 is 15.6 Å². The molecule has 1 aliphatic rings. The van der Waals surface area contributed by atoms with Crippen LogP contribution >= 0.6 is 0 Å². The Morgan fingerprint density at radius 2 is 1.69 bits per heavy atom. The summed E-state index contributed by atoms with van der Waals surface area (Å²) in [6.07, 6.45) is -2.88. The summed E-state index contributed by atoms with van der Waals surface area (Å²) in [6.45, 7) is 0. The van der Waals surface area contributed by atoms with Crippen molar-refractivity contribution in [3.63, 3.8) is 0 Å². The number of benzene rings is 2. The highest BCUT2D eigenvalue weighted by molar-refractivity contribution is 7.87. The van der Waals surface area contributed by atoms with Crippen molar-refractivity contribution in [1.82, 2.24) is 0 Å². The fourth-order valence-corrected chi connectivity index (χ4v) is 2.92. The highest BCUT2D eigenvalue weighted by Crippen LogP contribution is 2.37. The Kier molecular flexibility index (Phi) is 4.47. The van der Waals surface area contributed by atoms with Crippen molar-refractivity contribution in [3.05, 3.63) is 59.2 Å². The summed E-state index contributed by atoms with van der Waals surface area (Å²) < 4.78 is 88.2. The van der Waals surface area contributed by atoms with Gasteiger partial charge in [-0.2, -0.15) is 21.6 Å². The van der Waals surface area contributed by atoms with Crippen LogP contribution in [0.4, 0.5) is 22.0 Å².